The first-order valence-electron chi connectivity index (χ1n) is 7.18. The van der Waals surface area contributed by atoms with Crippen LogP contribution in [-0.4, -0.2) is 23.9 Å². The average molecular weight is 242 g/mol. The monoisotopic (exact) mass is 242 g/mol. The predicted octanol–water partition coefficient (Wildman–Crippen LogP) is 4.08. The number of hydrogen-bond donors (Lipinski definition) is 1. The summed E-state index contributed by atoms with van der Waals surface area (Å²) in [6.07, 6.45) is 10.9. The Morgan fingerprint density at radius 2 is 1.65 bits per heavy atom. The molecule has 0 aromatic rings. The van der Waals surface area contributed by atoms with Crippen molar-refractivity contribution in [3.05, 3.63) is 12.7 Å². The number of aliphatic hydroxyl groups is 1. The first-order valence-corrected chi connectivity index (χ1v) is 7.18. The van der Waals surface area contributed by atoms with E-state index in [1.807, 2.05) is 6.92 Å². The smallest absolute Gasteiger partial charge is 0.101 e. The van der Waals surface area contributed by atoms with Crippen LogP contribution in [0.25, 0.3) is 0 Å². The molecule has 0 saturated heterocycles. The molecule has 2 atom stereocenters. The van der Waals surface area contributed by atoms with Crippen LogP contribution in [0.5, 0.6) is 0 Å². The van der Waals surface area contributed by atoms with E-state index in [9.17, 15) is 5.11 Å². The van der Waals surface area contributed by atoms with Crippen LogP contribution in [-0.2, 0) is 4.74 Å². The molecule has 0 bridgehead atoms. The van der Waals surface area contributed by atoms with Gasteiger partial charge in [-0.15, -0.1) is 6.58 Å². The van der Waals surface area contributed by atoms with E-state index in [1.165, 1.54) is 38.5 Å². The molecule has 2 nitrogen and oxygen atoms in total. The molecule has 0 spiro atoms. The first kappa shape index (κ1) is 16.7. The van der Waals surface area contributed by atoms with Crippen molar-refractivity contribution in [3.63, 3.8) is 0 Å². The van der Waals surface area contributed by atoms with Gasteiger partial charge in [0.1, 0.15) is 6.10 Å². The molecule has 0 rings (SSSR count). The number of aliphatic hydroxyl groups excluding tert-OH is 1. The Morgan fingerprint density at radius 1 is 1.06 bits per heavy atom. The lowest BCUT2D eigenvalue weighted by Crippen LogP contribution is -2.26. The zero-order chi connectivity index (χ0) is 12.9. The van der Waals surface area contributed by atoms with E-state index in [1.54, 1.807) is 6.08 Å². The van der Waals surface area contributed by atoms with E-state index in [2.05, 4.69) is 13.5 Å². The lowest BCUT2D eigenvalue weighted by Gasteiger charge is -2.19. The molecular formula is C15H30O2. The fourth-order valence-corrected chi connectivity index (χ4v) is 2.00. The van der Waals surface area contributed by atoms with Crippen molar-refractivity contribution in [2.75, 3.05) is 6.61 Å². The average Bonchev–Trinajstić information content (AvgIpc) is 2.34. The van der Waals surface area contributed by atoms with Crippen LogP contribution < -0.4 is 0 Å². The van der Waals surface area contributed by atoms with Gasteiger partial charge in [0.15, 0.2) is 0 Å². The van der Waals surface area contributed by atoms with Gasteiger partial charge >= 0.3 is 0 Å². The molecule has 0 amide bonds. The van der Waals surface area contributed by atoms with E-state index < -0.39 is 0 Å². The molecule has 0 radical (unpaired) electrons. The van der Waals surface area contributed by atoms with E-state index in [-0.39, 0.29) is 12.2 Å². The third-order valence-electron chi connectivity index (χ3n) is 3.07. The van der Waals surface area contributed by atoms with Gasteiger partial charge in [0.05, 0.1) is 6.10 Å². The third kappa shape index (κ3) is 9.37. The van der Waals surface area contributed by atoms with Crippen LogP contribution in [0.2, 0.25) is 0 Å². The molecule has 1 N–H and O–H groups in total. The zero-order valence-electron chi connectivity index (χ0n) is 11.7. The Morgan fingerprint density at radius 3 is 2.18 bits per heavy atom. The Hall–Kier alpha value is -0.340. The maximum absolute atomic E-state index is 9.88. The van der Waals surface area contributed by atoms with Gasteiger partial charge in [-0.1, -0.05) is 57.9 Å². The highest BCUT2D eigenvalue weighted by Gasteiger charge is 2.14. The van der Waals surface area contributed by atoms with E-state index in [0.29, 0.717) is 6.61 Å². The normalized spacial score (nSPS) is 14.5. The molecule has 0 aliphatic carbocycles. The molecule has 0 saturated carbocycles. The highest BCUT2D eigenvalue weighted by Crippen LogP contribution is 2.13. The van der Waals surface area contributed by atoms with Crippen LogP contribution in [0.3, 0.4) is 0 Å². The van der Waals surface area contributed by atoms with Crippen molar-refractivity contribution in [2.45, 2.75) is 77.4 Å². The molecule has 0 aromatic carbocycles. The molecule has 102 valence electrons. The molecule has 2 heteroatoms. The predicted molar refractivity (Wildman–Crippen MR) is 74.2 cm³/mol. The summed E-state index contributed by atoms with van der Waals surface area (Å²) >= 11 is 0. The summed E-state index contributed by atoms with van der Waals surface area (Å²) in [4.78, 5) is 0. The van der Waals surface area contributed by atoms with Crippen LogP contribution >= 0.6 is 0 Å². The summed E-state index contributed by atoms with van der Waals surface area (Å²) in [5.41, 5.74) is 0. The summed E-state index contributed by atoms with van der Waals surface area (Å²) < 4.78 is 5.39. The molecule has 0 heterocycles. The maximum atomic E-state index is 9.88. The largest absolute Gasteiger partial charge is 0.390 e. The van der Waals surface area contributed by atoms with E-state index >= 15 is 0 Å². The van der Waals surface area contributed by atoms with Gasteiger partial charge < -0.3 is 9.84 Å². The lowest BCUT2D eigenvalue weighted by atomic mass is 10.0. The molecule has 17 heavy (non-hydrogen) atoms. The highest BCUT2D eigenvalue weighted by atomic mass is 16.5. The van der Waals surface area contributed by atoms with Gasteiger partial charge in [0.2, 0.25) is 0 Å². The maximum Gasteiger partial charge on any atom is 0.101 e. The van der Waals surface area contributed by atoms with Crippen LogP contribution in [0.1, 0.15) is 65.2 Å². The molecular weight excluding hydrogens is 212 g/mol. The lowest BCUT2D eigenvalue weighted by molar-refractivity contribution is -0.00900. The Bertz CT molecular complexity index is 168. The minimum atomic E-state index is -0.386. The Balaban J connectivity index is 3.42. The highest BCUT2D eigenvalue weighted by molar-refractivity contribution is 4.85. The number of unbranched alkanes of at least 4 members (excludes halogenated alkanes) is 6. The first-order chi connectivity index (χ1) is 8.26. The number of rotatable bonds is 12. The fourth-order valence-electron chi connectivity index (χ4n) is 2.00. The second-order valence-corrected chi connectivity index (χ2v) is 4.63. The Labute approximate surface area is 107 Å². The minimum absolute atomic E-state index is 0.194. The standard InChI is InChI=1S/C15H30O2/c1-4-7-8-9-10-11-12-13-14(16)15(5-2)17-6-3/h5,14-16H,2,4,6-13H2,1,3H3/t14-,15+/m1/s1. The van der Waals surface area contributed by atoms with Crippen molar-refractivity contribution in [1.29, 1.82) is 0 Å². The minimum Gasteiger partial charge on any atom is -0.390 e. The quantitative estimate of drug-likeness (QED) is 0.413. The molecule has 0 aromatic heterocycles. The van der Waals surface area contributed by atoms with Gasteiger partial charge in [-0.2, -0.15) is 0 Å². The molecule has 0 aliphatic rings. The van der Waals surface area contributed by atoms with E-state index in [4.69, 9.17) is 4.74 Å². The van der Waals surface area contributed by atoms with Gasteiger partial charge in [-0.05, 0) is 13.3 Å². The second kappa shape index (κ2) is 12.1. The van der Waals surface area contributed by atoms with Crippen LogP contribution in [0.4, 0.5) is 0 Å². The van der Waals surface area contributed by atoms with E-state index in [0.717, 1.165) is 12.8 Å². The third-order valence-corrected chi connectivity index (χ3v) is 3.07. The van der Waals surface area contributed by atoms with Crippen molar-refractivity contribution < 1.29 is 9.84 Å². The van der Waals surface area contributed by atoms with Crippen molar-refractivity contribution in [3.8, 4) is 0 Å². The molecule has 0 fully saturated rings. The summed E-state index contributed by atoms with van der Waals surface area (Å²) in [5, 5.41) is 9.88. The summed E-state index contributed by atoms with van der Waals surface area (Å²) in [7, 11) is 0. The summed E-state index contributed by atoms with van der Waals surface area (Å²) in [6.45, 7) is 8.50. The summed E-state index contributed by atoms with van der Waals surface area (Å²) in [6, 6.07) is 0. The fraction of sp³-hybridized carbons (Fsp3) is 0.867. The van der Waals surface area contributed by atoms with Crippen LogP contribution in [0.15, 0.2) is 12.7 Å². The Kier molecular flexibility index (Phi) is 11.9. The zero-order valence-corrected chi connectivity index (χ0v) is 11.7. The number of ether oxygens (including phenoxy) is 1. The second-order valence-electron chi connectivity index (χ2n) is 4.63. The molecule has 0 unspecified atom stereocenters. The van der Waals surface area contributed by atoms with Gasteiger partial charge in [0, 0.05) is 6.61 Å². The topological polar surface area (TPSA) is 29.5 Å². The summed E-state index contributed by atoms with van der Waals surface area (Å²) in [5.74, 6) is 0. The van der Waals surface area contributed by atoms with Crippen molar-refractivity contribution >= 4 is 0 Å². The molecule has 0 aliphatic heterocycles. The van der Waals surface area contributed by atoms with Gasteiger partial charge in [-0.3, -0.25) is 0 Å². The van der Waals surface area contributed by atoms with Crippen molar-refractivity contribution in [2.24, 2.45) is 0 Å². The SMILES string of the molecule is C=C[C@H](OCC)[C@H](O)CCCCCCCCC. The number of hydrogen-bond acceptors (Lipinski definition) is 2. The van der Waals surface area contributed by atoms with Gasteiger partial charge in [0.25, 0.3) is 0 Å². The van der Waals surface area contributed by atoms with Gasteiger partial charge in [-0.25, -0.2) is 0 Å². The van der Waals surface area contributed by atoms with Crippen LogP contribution in [0, 0.1) is 0 Å². The van der Waals surface area contributed by atoms with Crippen molar-refractivity contribution in [1.82, 2.24) is 0 Å².